The molecule has 1 aliphatic rings. The highest BCUT2D eigenvalue weighted by Crippen LogP contribution is 2.42. The van der Waals surface area contributed by atoms with E-state index in [1.54, 1.807) is 14.2 Å². The quantitative estimate of drug-likeness (QED) is 0.930. The number of aromatic nitrogens is 2. The summed E-state index contributed by atoms with van der Waals surface area (Å²) in [5, 5.41) is 0. The van der Waals surface area contributed by atoms with E-state index in [1.165, 1.54) is 12.8 Å². The zero-order valence-electron chi connectivity index (χ0n) is 12.0. The standard InChI is InChI=1S/C15H19N3O2/c1-9-17-14(15(16)18(9)10-4-5-10)12-8-11(19-2)6-7-13(12)20-3/h6-8,10H,4-5,16H2,1-3H3. The molecule has 0 aliphatic heterocycles. The molecule has 1 saturated carbocycles. The van der Waals surface area contributed by atoms with Crippen molar-refractivity contribution in [3.63, 3.8) is 0 Å². The maximum absolute atomic E-state index is 6.30. The normalized spacial score (nSPS) is 14.3. The van der Waals surface area contributed by atoms with Gasteiger partial charge in [0, 0.05) is 11.6 Å². The number of nitrogen functional groups attached to an aromatic ring is 1. The van der Waals surface area contributed by atoms with Crippen LogP contribution < -0.4 is 15.2 Å². The molecule has 0 atom stereocenters. The van der Waals surface area contributed by atoms with Crippen molar-refractivity contribution >= 4 is 5.82 Å². The van der Waals surface area contributed by atoms with Gasteiger partial charge >= 0.3 is 0 Å². The molecule has 1 heterocycles. The van der Waals surface area contributed by atoms with Gasteiger partial charge in [-0.15, -0.1) is 0 Å². The lowest BCUT2D eigenvalue weighted by molar-refractivity contribution is 0.404. The first-order valence-corrected chi connectivity index (χ1v) is 6.72. The molecule has 5 nitrogen and oxygen atoms in total. The fraction of sp³-hybridized carbons (Fsp3) is 0.400. The number of aryl methyl sites for hydroxylation is 1. The molecule has 1 aromatic carbocycles. The van der Waals surface area contributed by atoms with Crippen molar-refractivity contribution in [1.82, 2.24) is 9.55 Å². The highest BCUT2D eigenvalue weighted by Gasteiger charge is 2.29. The summed E-state index contributed by atoms with van der Waals surface area (Å²) < 4.78 is 12.8. The topological polar surface area (TPSA) is 62.3 Å². The fourth-order valence-electron chi connectivity index (χ4n) is 2.55. The second-order valence-corrected chi connectivity index (χ2v) is 5.06. The molecule has 1 aliphatic carbocycles. The van der Waals surface area contributed by atoms with E-state index in [1.807, 2.05) is 25.1 Å². The summed E-state index contributed by atoms with van der Waals surface area (Å²) in [6.45, 7) is 1.99. The van der Waals surface area contributed by atoms with E-state index in [2.05, 4.69) is 9.55 Å². The molecule has 0 bridgehead atoms. The van der Waals surface area contributed by atoms with Crippen LogP contribution >= 0.6 is 0 Å². The van der Waals surface area contributed by atoms with Crippen LogP contribution in [0.1, 0.15) is 24.7 Å². The van der Waals surface area contributed by atoms with Gasteiger partial charge in [-0.2, -0.15) is 0 Å². The number of nitrogens with zero attached hydrogens (tertiary/aromatic N) is 2. The van der Waals surface area contributed by atoms with E-state index in [4.69, 9.17) is 15.2 Å². The summed E-state index contributed by atoms with van der Waals surface area (Å²) in [5.74, 6) is 3.16. The van der Waals surface area contributed by atoms with Gasteiger partial charge in [-0.05, 0) is 38.0 Å². The zero-order valence-corrected chi connectivity index (χ0v) is 12.0. The Hall–Kier alpha value is -2.17. The van der Waals surface area contributed by atoms with Crippen molar-refractivity contribution in [2.75, 3.05) is 20.0 Å². The largest absolute Gasteiger partial charge is 0.497 e. The third-order valence-corrected chi connectivity index (χ3v) is 3.70. The second-order valence-electron chi connectivity index (χ2n) is 5.06. The van der Waals surface area contributed by atoms with Gasteiger partial charge < -0.3 is 19.8 Å². The highest BCUT2D eigenvalue weighted by molar-refractivity contribution is 5.77. The summed E-state index contributed by atoms with van der Waals surface area (Å²) in [6.07, 6.45) is 2.35. The SMILES string of the molecule is COc1ccc(OC)c(-c2nc(C)n(C3CC3)c2N)c1. The maximum atomic E-state index is 6.30. The van der Waals surface area contributed by atoms with Crippen LogP contribution in [0.3, 0.4) is 0 Å². The molecule has 1 aromatic heterocycles. The summed E-state index contributed by atoms with van der Waals surface area (Å²) in [5.41, 5.74) is 7.93. The fourth-order valence-corrected chi connectivity index (χ4v) is 2.55. The number of methoxy groups -OCH3 is 2. The number of anilines is 1. The van der Waals surface area contributed by atoms with Crippen molar-refractivity contribution < 1.29 is 9.47 Å². The van der Waals surface area contributed by atoms with Crippen LogP contribution in [-0.2, 0) is 0 Å². The van der Waals surface area contributed by atoms with Gasteiger partial charge in [0.1, 0.15) is 28.8 Å². The number of hydrogen-bond donors (Lipinski definition) is 1. The first-order valence-electron chi connectivity index (χ1n) is 6.72. The number of nitrogens with two attached hydrogens (primary N) is 1. The third kappa shape index (κ3) is 1.99. The van der Waals surface area contributed by atoms with E-state index < -0.39 is 0 Å². The predicted octanol–water partition coefficient (Wildman–Crippen LogP) is 2.79. The van der Waals surface area contributed by atoms with Crippen molar-refractivity contribution in [2.24, 2.45) is 0 Å². The number of imidazole rings is 1. The maximum Gasteiger partial charge on any atom is 0.132 e. The van der Waals surface area contributed by atoms with Crippen molar-refractivity contribution in [2.45, 2.75) is 25.8 Å². The minimum Gasteiger partial charge on any atom is -0.497 e. The molecule has 2 aromatic rings. The number of rotatable bonds is 4. The summed E-state index contributed by atoms with van der Waals surface area (Å²) in [7, 11) is 3.29. The van der Waals surface area contributed by atoms with Crippen LogP contribution in [0.5, 0.6) is 11.5 Å². The Labute approximate surface area is 118 Å². The molecule has 20 heavy (non-hydrogen) atoms. The minimum absolute atomic E-state index is 0.507. The van der Waals surface area contributed by atoms with Gasteiger partial charge in [-0.3, -0.25) is 0 Å². The molecule has 0 spiro atoms. The monoisotopic (exact) mass is 273 g/mol. The number of benzene rings is 1. The van der Waals surface area contributed by atoms with Crippen LogP contribution in [0, 0.1) is 6.92 Å². The molecule has 3 rings (SSSR count). The van der Waals surface area contributed by atoms with E-state index in [-0.39, 0.29) is 0 Å². The molecule has 5 heteroatoms. The molecule has 1 fully saturated rings. The van der Waals surface area contributed by atoms with E-state index in [0.29, 0.717) is 11.9 Å². The second kappa shape index (κ2) is 4.74. The average molecular weight is 273 g/mol. The first kappa shape index (κ1) is 12.8. The summed E-state index contributed by atoms with van der Waals surface area (Å²) in [6, 6.07) is 6.16. The molecule has 2 N–H and O–H groups in total. The number of ether oxygens (including phenoxy) is 2. The Balaban J connectivity index is 2.15. The molecule has 106 valence electrons. The van der Waals surface area contributed by atoms with Gasteiger partial charge in [0.2, 0.25) is 0 Å². The van der Waals surface area contributed by atoms with Crippen molar-refractivity contribution in [3.8, 4) is 22.8 Å². The molecular weight excluding hydrogens is 254 g/mol. The minimum atomic E-state index is 0.507. The van der Waals surface area contributed by atoms with Gasteiger partial charge in [0.25, 0.3) is 0 Å². The Bertz CT molecular complexity index is 645. The highest BCUT2D eigenvalue weighted by atomic mass is 16.5. The lowest BCUT2D eigenvalue weighted by Crippen LogP contribution is -2.02. The van der Waals surface area contributed by atoms with Gasteiger partial charge in [-0.1, -0.05) is 0 Å². The Kier molecular flexibility index (Phi) is 3.04. The van der Waals surface area contributed by atoms with E-state index in [0.717, 1.165) is 28.6 Å². The molecular formula is C15H19N3O2. The summed E-state index contributed by atoms with van der Waals surface area (Å²) >= 11 is 0. The van der Waals surface area contributed by atoms with Crippen molar-refractivity contribution in [3.05, 3.63) is 24.0 Å². The average Bonchev–Trinajstić information content (AvgIpc) is 3.24. The first-order chi connectivity index (χ1) is 9.65. The lowest BCUT2D eigenvalue weighted by atomic mass is 10.1. The number of hydrogen-bond acceptors (Lipinski definition) is 4. The third-order valence-electron chi connectivity index (χ3n) is 3.70. The van der Waals surface area contributed by atoms with Crippen LogP contribution in [0.25, 0.3) is 11.3 Å². The van der Waals surface area contributed by atoms with Crippen molar-refractivity contribution in [1.29, 1.82) is 0 Å². The lowest BCUT2D eigenvalue weighted by Gasteiger charge is -2.10. The Morgan fingerprint density at radius 2 is 2.00 bits per heavy atom. The predicted molar refractivity (Wildman–Crippen MR) is 78.2 cm³/mol. The Morgan fingerprint density at radius 1 is 1.25 bits per heavy atom. The van der Waals surface area contributed by atoms with E-state index in [9.17, 15) is 0 Å². The van der Waals surface area contributed by atoms with Gasteiger partial charge in [0.15, 0.2) is 0 Å². The molecule has 0 radical (unpaired) electrons. The van der Waals surface area contributed by atoms with Crippen LogP contribution in [0.2, 0.25) is 0 Å². The summed E-state index contributed by atoms with van der Waals surface area (Å²) in [4.78, 5) is 4.63. The van der Waals surface area contributed by atoms with Crippen LogP contribution in [0.4, 0.5) is 5.82 Å². The molecule has 0 saturated heterocycles. The van der Waals surface area contributed by atoms with Gasteiger partial charge in [-0.25, -0.2) is 4.98 Å². The zero-order chi connectivity index (χ0) is 14.3. The smallest absolute Gasteiger partial charge is 0.132 e. The Morgan fingerprint density at radius 3 is 2.60 bits per heavy atom. The molecule has 0 amide bonds. The van der Waals surface area contributed by atoms with E-state index >= 15 is 0 Å². The van der Waals surface area contributed by atoms with Crippen LogP contribution in [0.15, 0.2) is 18.2 Å². The van der Waals surface area contributed by atoms with Crippen LogP contribution in [-0.4, -0.2) is 23.8 Å². The van der Waals surface area contributed by atoms with Gasteiger partial charge in [0.05, 0.1) is 14.2 Å². The molecule has 0 unspecified atom stereocenters.